The second-order valence-corrected chi connectivity index (χ2v) is 10.4. The fraction of sp³-hybridized carbons (Fsp3) is 0.310. The molecule has 0 aliphatic heterocycles. The predicted octanol–water partition coefficient (Wildman–Crippen LogP) is 5.03. The number of ether oxygens (including phenoxy) is 2. The average Bonchev–Trinajstić information content (AvgIpc) is 3.60. The number of hydrogen-bond acceptors (Lipinski definition) is 6. The molecule has 1 aliphatic carbocycles. The zero-order valence-corrected chi connectivity index (χ0v) is 21.8. The molecule has 1 amide bonds. The number of aromatic nitrogens is 3. The van der Waals surface area contributed by atoms with E-state index in [9.17, 15) is 14.9 Å². The summed E-state index contributed by atoms with van der Waals surface area (Å²) in [7, 11) is 1.83. The number of alkyl carbamates (subject to hydrolysis) is 1. The number of amides is 1. The smallest absolute Gasteiger partial charge is 0.407 e. The van der Waals surface area contributed by atoms with E-state index in [1.807, 2.05) is 37.4 Å². The number of carbonyl (C=O) groups excluding carboxylic acids is 1. The maximum absolute atomic E-state index is 12.6. The van der Waals surface area contributed by atoms with Crippen molar-refractivity contribution in [3.05, 3.63) is 70.3 Å². The number of H-pyrrole nitrogens is 1. The number of benzene rings is 2. The highest BCUT2D eigenvalue weighted by Crippen LogP contribution is 2.39. The number of aromatic amines is 1. The first-order valence-electron chi connectivity index (χ1n) is 12.5. The molecule has 9 nitrogen and oxygen atoms in total. The Bertz CT molecular complexity index is 1630. The van der Waals surface area contributed by atoms with Crippen LogP contribution in [0.25, 0.3) is 33.2 Å². The van der Waals surface area contributed by atoms with Gasteiger partial charge in [0.25, 0.3) is 5.56 Å². The van der Waals surface area contributed by atoms with Gasteiger partial charge in [0.2, 0.25) is 0 Å². The number of fused-ring (bicyclic) bond motifs is 1. The van der Waals surface area contributed by atoms with Crippen LogP contribution in [0, 0.1) is 11.3 Å². The van der Waals surface area contributed by atoms with Gasteiger partial charge in [-0.25, -0.2) is 4.79 Å². The lowest BCUT2D eigenvalue weighted by molar-refractivity contribution is 0.0523. The van der Waals surface area contributed by atoms with Gasteiger partial charge in [-0.15, -0.1) is 0 Å². The summed E-state index contributed by atoms with van der Waals surface area (Å²) in [5.41, 5.74) is 3.46. The monoisotopic (exact) mass is 511 g/mol. The summed E-state index contributed by atoms with van der Waals surface area (Å²) in [6.45, 7) is 5.56. The Morgan fingerprint density at radius 3 is 2.71 bits per heavy atom. The maximum Gasteiger partial charge on any atom is 0.407 e. The summed E-state index contributed by atoms with van der Waals surface area (Å²) in [5.74, 6) is 0.570. The molecular formula is C29H29N5O4. The summed E-state index contributed by atoms with van der Waals surface area (Å²) in [6, 6.07) is 13.4. The summed E-state index contributed by atoms with van der Waals surface area (Å²) < 4.78 is 13.1. The molecule has 0 atom stereocenters. The van der Waals surface area contributed by atoms with Crippen LogP contribution in [-0.2, 0) is 18.3 Å². The number of nitrogens with one attached hydrogen (secondary N) is 2. The molecular weight excluding hydrogens is 482 g/mol. The molecule has 1 aliphatic rings. The van der Waals surface area contributed by atoms with Crippen LogP contribution in [0.4, 0.5) is 4.79 Å². The predicted molar refractivity (Wildman–Crippen MR) is 144 cm³/mol. The summed E-state index contributed by atoms with van der Waals surface area (Å²) in [5, 5.41) is 18.5. The molecule has 2 heterocycles. The lowest BCUT2D eigenvalue weighted by Crippen LogP contribution is -2.32. The van der Waals surface area contributed by atoms with Crippen molar-refractivity contribution in [3.8, 4) is 34.2 Å². The fourth-order valence-electron chi connectivity index (χ4n) is 4.39. The van der Waals surface area contributed by atoms with Gasteiger partial charge < -0.3 is 19.8 Å². The van der Waals surface area contributed by atoms with Gasteiger partial charge in [-0.1, -0.05) is 18.2 Å². The van der Waals surface area contributed by atoms with Crippen LogP contribution in [-0.4, -0.2) is 32.6 Å². The zero-order chi connectivity index (χ0) is 27.0. The molecule has 0 radical (unpaired) electrons. The third-order valence-corrected chi connectivity index (χ3v) is 6.27. The Labute approximate surface area is 220 Å². The quantitative estimate of drug-likeness (QED) is 0.374. The van der Waals surface area contributed by atoms with Gasteiger partial charge in [0.05, 0.1) is 18.0 Å². The van der Waals surface area contributed by atoms with Crippen molar-refractivity contribution < 1.29 is 14.3 Å². The van der Waals surface area contributed by atoms with E-state index < -0.39 is 11.7 Å². The van der Waals surface area contributed by atoms with Gasteiger partial charge in [-0.2, -0.15) is 10.4 Å². The van der Waals surface area contributed by atoms with Crippen molar-refractivity contribution in [3.63, 3.8) is 0 Å². The minimum Gasteiger partial charge on any atom is -0.489 e. The number of pyridine rings is 1. The molecule has 0 saturated heterocycles. The van der Waals surface area contributed by atoms with Crippen molar-refractivity contribution in [1.29, 1.82) is 5.26 Å². The molecule has 1 fully saturated rings. The van der Waals surface area contributed by atoms with Crippen LogP contribution in [0.2, 0.25) is 0 Å². The van der Waals surface area contributed by atoms with Crippen molar-refractivity contribution in [2.75, 3.05) is 0 Å². The molecule has 2 aromatic carbocycles. The molecule has 1 saturated carbocycles. The van der Waals surface area contributed by atoms with Crippen molar-refractivity contribution in [1.82, 2.24) is 20.1 Å². The molecule has 194 valence electrons. The number of hydrogen-bond donors (Lipinski definition) is 2. The molecule has 5 rings (SSSR count). The van der Waals surface area contributed by atoms with Gasteiger partial charge in [-0.05, 0) is 68.3 Å². The molecule has 0 bridgehead atoms. The third kappa shape index (κ3) is 5.11. The lowest BCUT2D eigenvalue weighted by atomic mass is 9.95. The lowest BCUT2D eigenvalue weighted by Gasteiger charge is -2.20. The Balaban J connectivity index is 1.56. The zero-order valence-electron chi connectivity index (χ0n) is 21.8. The summed E-state index contributed by atoms with van der Waals surface area (Å²) in [6.07, 6.45) is 4.95. The second kappa shape index (κ2) is 9.71. The van der Waals surface area contributed by atoms with Gasteiger partial charge in [-0.3, -0.25) is 9.48 Å². The molecule has 0 spiro atoms. The van der Waals surface area contributed by atoms with E-state index in [2.05, 4.69) is 21.5 Å². The van der Waals surface area contributed by atoms with Gasteiger partial charge in [0.1, 0.15) is 23.0 Å². The largest absolute Gasteiger partial charge is 0.489 e. The highest BCUT2D eigenvalue weighted by molar-refractivity contribution is 5.92. The van der Waals surface area contributed by atoms with Crippen LogP contribution < -0.4 is 15.6 Å². The first kappa shape index (κ1) is 25.1. The van der Waals surface area contributed by atoms with Crippen LogP contribution in [0.15, 0.2) is 53.6 Å². The number of rotatable bonds is 6. The van der Waals surface area contributed by atoms with E-state index in [-0.39, 0.29) is 18.2 Å². The average molecular weight is 512 g/mol. The van der Waals surface area contributed by atoms with E-state index in [1.165, 1.54) is 0 Å². The van der Waals surface area contributed by atoms with E-state index in [1.54, 1.807) is 43.9 Å². The molecule has 2 N–H and O–H groups in total. The summed E-state index contributed by atoms with van der Waals surface area (Å²) in [4.78, 5) is 27.6. The number of aryl methyl sites for hydroxylation is 1. The highest BCUT2D eigenvalue weighted by atomic mass is 16.6. The molecule has 0 unspecified atom stereocenters. The van der Waals surface area contributed by atoms with Crippen LogP contribution in [0.3, 0.4) is 0 Å². The van der Waals surface area contributed by atoms with Crippen molar-refractivity contribution in [2.24, 2.45) is 7.05 Å². The Kier molecular flexibility index (Phi) is 6.41. The minimum atomic E-state index is -0.621. The molecule has 38 heavy (non-hydrogen) atoms. The molecule has 4 aromatic rings. The minimum absolute atomic E-state index is 0.162. The Hall–Kier alpha value is -4.58. The van der Waals surface area contributed by atoms with Crippen LogP contribution >= 0.6 is 0 Å². The van der Waals surface area contributed by atoms with Crippen molar-refractivity contribution in [2.45, 2.75) is 51.9 Å². The van der Waals surface area contributed by atoms with E-state index in [0.717, 1.165) is 40.8 Å². The Morgan fingerprint density at radius 1 is 1.21 bits per heavy atom. The SMILES string of the molecule is Cn1ncc(-c2ccc3c(=O)[nH]cc(CNC(=O)OC(C)(C)C)c3c2)c1-c1cccc(OC2CC2)c1C#N. The number of nitriles is 1. The molecule has 2 aromatic heterocycles. The third-order valence-electron chi connectivity index (χ3n) is 6.27. The second-order valence-electron chi connectivity index (χ2n) is 10.4. The molecule has 9 heteroatoms. The van der Waals surface area contributed by atoms with E-state index in [4.69, 9.17) is 9.47 Å². The first-order chi connectivity index (χ1) is 18.1. The van der Waals surface area contributed by atoms with Gasteiger partial charge in [0, 0.05) is 36.3 Å². The summed E-state index contributed by atoms with van der Waals surface area (Å²) >= 11 is 0. The number of carbonyl (C=O) groups is 1. The maximum atomic E-state index is 12.6. The highest BCUT2D eigenvalue weighted by Gasteiger charge is 2.26. The topological polar surface area (TPSA) is 122 Å². The fourth-order valence-corrected chi connectivity index (χ4v) is 4.39. The van der Waals surface area contributed by atoms with Crippen molar-refractivity contribution >= 4 is 16.9 Å². The Morgan fingerprint density at radius 2 is 2.00 bits per heavy atom. The standard InChI is InChI=1S/C29H29N5O4/c1-29(2,3)38-28(36)32-15-18-14-31-27(35)21-11-8-17(12-22(18)21)24-16-33-34(4)26(24)20-6-5-7-25(23(20)13-30)37-19-9-10-19/h5-8,11-12,14,16,19H,9-10,15H2,1-4H3,(H,31,35)(H,32,36). The van der Waals surface area contributed by atoms with Gasteiger partial charge >= 0.3 is 6.09 Å². The van der Waals surface area contributed by atoms with Crippen LogP contribution in [0.5, 0.6) is 5.75 Å². The first-order valence-corrected chi connectivity index (χ1v) is 12.5. The van der Waals surface area contributed by atoms with E-state index in [0.29, 0.717) is 22.1 Å². The van der Waals surface area contributed by atoms with Crippen LogP contribution in [0.1, 0.15) is 44.7 Å². The van der Waals surface area contributed by atoms with E-state index >= 15 is 0 Å². The number of nitrogens with zero attached hydrogens (tertiary/aromatic N) is 3. The normalized spacial score (nSPS) is 13.2. The van der Waals surface area contributed by atoms with Gasteiger partial charge in [0.15, 0.2) is 0 Å².